The standard InChI is InChI=1S/C23H30N2O3/c1-5-17-9-6-8-16(2)23(17)24-22(26)15-25-13-7-10-20(25)19-14-18(27-3)11-12-21(19)28-4/h6,8-9,11-12,14,20H,5,7,10,13,15H2,1-4H3,(H,24,26)/t20-/m0/s1. The van der Waals surface area contributed by atoms with Crippen molar-refractivity contribution in [3.05, 3.63) is 53.1 Å². The zero-order valence-electron chi connectivity index (χ0n) is 17.2. The lowest BCUT2D eigenvalue weighted by atomic mass is 10.0. The molecule has 1 fully saturated rings. The van der Waals surface area contributed by atoms with Gasteiger partial charge in [-0.1, -0.05) is 25.1 Å². The topological polar surface area (TPSA) is 50.8 Å². The van der Waals surface area contributed by atoms with Crippen LogP contribution in [0.25, 0.3) is 0 Å². The van der Waals surface area contributed by atoms with Gasteiger partial charge >= 0.3 is 0 Å². The average Bonchev–Trinajstić information content (AvgIpc) is 3.16. The molecule has 0 aliphatic carbocycles. The van der Waals surface area contributed by atoms with Gasteiger partial charge in [0.1, 0.15) is 11.5 Å². The van der Waals surface area contributed by atoms with Crippen LogP contribution in [0, 0.1) is 6.92 Å². The minimum atomic E-state index is 0.0257. The summed E-state index contributed by atoms with van der Waals surface area (Å²) < 4.78 is 11.0. The Balaban J connectivity index is 1.77. The molecule has 1 amide bonds. The Morgan fingerprint density at radius 1 is 1.21 bits per heavy atom. The number of rotatable bonds is 7. The lowest BCUT2D eigenvalue weighted by Crippen LogP contribution is -2.33. The Labute approximate surface area is 167 Å². The summed E-state index contributed by atoms with van der Waals surface area (Å²) in [6.07, 6.45) is 2.95. The highest BCUT2D eigenvalue weighted by atomic mass is 16.5. The largest absolute Gasteiger partial charge is 0.497 e. The third kappa shape index (κ3) is 4.30. The van der Waals surface area contributed by atoms with E-state index in [0.29, 0.717) is 6.54 Å². The zero-order chi connectivity index (χ0) is 20.1. The van der Waals surface area contributed by atoms with Crippen molar-refractivity contribution < 1.29 is 14.3 Å². The molecule has 0 radical (unpaired) electrons. The molecule has 28 heavy (non-hydrogen) atoms. The fourth-order valence-electron chi connectivity index (χ4n) is 4.03. The summed E-state index contributed by atoms with van der Waals surface area (Å²) in [6, 6.07) is 12.2. The Morgan fingerprint density at radius 2 is 2.04 bits per heavy atom. The molecule has 2 aromatic rings. The summed E-state index contributed by atoms with van der Waals surface area (Å²) in [4.78, 5) is 15.1. The van der Waals surface area contributed by atoms with Crippen LogP contribution in [-0.2, 0) is 11.2 Å². The van der Waals surface area contributed by atoms with Crippen molar-refractivity contribution >= 4 is 11.6 Å². The number of amides is 1. The minimum Gasteiger partial charge on any atom is -0.497 e. The molecule has 2 aromatic carbocycles. The van der Waals surface area contributed by atoms with E-state index in [9.17, 15) is 4.79 Å². The molecule has 1 N–H and O–H groups in total. The number of para-hydroxylation sites is 1. The number of benzene rings is 2. The van der Waals surface area contributed by atoms with Crippen LogP contribution >= 0.6 is 0 Å². The van der Waals surface area contributed by atoms with Gasteiger partial charge in [0.05, 0.1) is 20.8 Å². The average molecular weight is 383 g/mol. The first-order valence-electron chi connectivity index (χ1n) is 9.91. The van der Waals surface area contributed by atoms with Gasteiger partial charge in [-0.15, -0.1) is 0 Å². The first-order valence-corrected chi connectivity index (χ1v) is 9.91. The van der Waals surface area contributed by atoms with Gasteiger partial charge in [-0.2, -0.15) is 0 Å². The van der Waals surface area contributed by atoms with E-state index in [4.69, 9.17) is 9.47 Å². The summed E-state index contributed by atoms with van der Waals surface area (Å²) in [6.45, 7) is 5.40. The van der Waals surface area contributed by atoms with Gasteiger partial charge in [0, 0.05) is 17.3 Å². The molecule has 0 bridgehead atoms. The third-order valence-electron chi connectivity index (χ3n) is 5.51. The molecule has 1 aliphatic heterocycles. The third-order valence-corrected chi connectivity index (χ3v) is 5.51. The summed E-state index contributed by atoms with van der Waals surface area (Å²) in [5.74, 6) is 1.67. The summed E-state index contributed by atoms with van der Waals surface area (Å²) in [5.41, 5.74) is 4.29. The van der Waals surface area contributed by atoms with Crippen molar-refractivity contribution in [2.24, 2.45) is 0 Å². The molecular formula is C23H30N2O3. The first kappa shape index (κ1) is 20.2. The van der Waals surface area contributed by atoms with E-state index < -0.39 is 0 Å². The highest BCUT2D eigenvalue weighted by Gasteiger charge is 2.30. The minimum absolute atomic E-state index is 0.0257. The number of nitrogens with one attached hydrogen (secondary N) is 1. The van der Waals surface area contributed by atoms with Crippen molar-refractivity contribution in [1.82, 2.24) is 4.90 Å². The van der Waals surface area contributed by atoms with Crippen LogP contribution in [0.15, 0.2) is 36.4 Å². The molecule has 0 aromatic heterocycles. The smallest absolute Gasteiger partial charge is 0.238 e. The van der Waals surface area contributed by atoms with Gasteiger partial charge in [-0.25, -0.2) is 0 Å². The van der Waals surface area contributed by atoms with E-state index in [0.717, 1.165) is 54.1 Å². The maximum atomic E-state index is 12.8. The first-order chi connectivity index (χ1) is 13.6. The summed E-state index contributed by atoms with van der Waals surface area (Å²) in [7, 11) is 3.35. The Hall–Kier alpha value is -2.53. The van der Waals surface area contributed by atoms with Gasteiger partial charge < -0.3 is 14.8 Å². The van der Waals surface area contributed by atoms with E-state index >= 15 is 0 Å². The van der Waals surface area contributed by atoms with Gasteiger partial charge in [0.25, 0.3) is 0 Å². The fraction of sp³-hybridized carbons (Fsp3) is 0.435. The maximum absolute atomic E-state index is 12.8. The van der Waals surface area contributed by atoms with Crippen LogP contribution in [0.3, 0.4) is 0 Å². The van der Waals surface area contributed by atoms with Crippen LogP contribution in [-0.4, -0.2) is 38.1 Å². The van der Waals surface area contributed by atoms with Gasteiger partial charge in [-0.3, -0.25) is 9.69 Å². The van der Waals surface area contributed by atoms with Gasteiger partial charge in [-0.05, 0) is 62.1 Å². The number of aryl methyl sites for hydroxylation is 2. The van der Waals surface area contributed by atoms with Gasteiger partial charge in [0.15, 0.2) is 0 Å². The van der Waals surface area contributed by atoms with E-state index in [2.05, 4.69) is 23.2 Å². The van der Waals surface area contributed by atoms with E-state index in [1.54, 1.807) is 14.2 Å². The number of hydrogen-bond acceptors (Lipinski definition) is 4. The molecule has 1 heterocycles. The molecule has 5 heteroatoms. The van der Waals surface area contributed by atoms with Crippen molar-refractivity contribution in [1.29, 1.82) is 0 Å². The molecule has 150 valence electrons. The second kappa shape index (κ2) is 9.11. The van der Waals surface area contributed by atoms with Crippen molar-refractivity contribution in [3.63, 3.8) is 0 Å². The van der Waals surface area contributed by atoms with Crippen LogP contribution in [0.2, 0.25) is 0 Å². The second-order valence-electron chi connectivity index (χ2n) is 7.25. The normalized spacial score (nSPS) is 16.8. The fourth-order valence-corrected chi connectivity index (χ4v) is 4.03. The molecule has 1 aliphatic rings. The maximum Gasteiger partial charge on any atom is 0.238 e. The van der Waals surface area contributed by atoms with Crippen LogP contribution < -0.4 is 14.8 Å². The zero-order valence-corrected chi connectivity index (χ0v) is 17.2. The number of ether oxygens (including phenoxy) is 2. The van der Waals surface area contributed by atoms with Crippen LogP contribution in [0.1, 0.15) is 42.5 Å². The van der Waals surface area contributed by atoms with Crippen molar-refractivity contribution in [3.8, 4) is 11.5 Å². The van der Waals surface area contributed by atoms with Gasteiger partial charge in [0.2, 0.25) is 5.91 Å². The predicted octanol–water partition coefficient (Wildman–Crippen LogP) is 4.35. The Bertz CT molecular complexity index is 835. The quantitative estimate of drug-likeness (QED) is 0.773. The van der Waals surface area contributed by atoms with Crippen LogP contribution in [0.4, 0.5) is 5.69 Å². The monoisotopic (exact) mass is 382 g/mol. The van der Waals surface area contributed by atoms with E-state index in [1.807, 2.05) is 37.3 Å². The second-order valence-corrected chi connectivity index (χ2v) is 7.25. The number of hydrogen-bond donors (Lipinski definition) is 1. The summed E-state index contributed by atoms with van der Waals surface area (Å²) in [5, 5.41) is 3.14. The number of anilines is 1. The summed E-state index contributed by atoms with van der Waals surface area (Å²) >= 11 is 0. The molecule has 1 saturated heterocycles. The highest BCUT2D eigenvalue weighted by Crippen LogP contribution is 2.38. The molecule has 0 spiro atoms. The highest BCUT2D eigenvalue weighted by molar-refractivity contribution is 5.93. The SMILES string of the molecule is CCc1cccc(C)c1NC(=O)CN1CCC[C@H]1c1cc(OC)ccc1OC. The van der Waals surface area contributed by atoms with E-state index in [-0.39, 0.29) is 11.9 Å². The molecular weight excluding hydrogens is 352 g/mol. The van der Waals surface area contributed by atoms with Crippen molar-refractivity contribution in [2.75, 3.05) is 32.6 Å². The predicted molar refractivity (Wildman–Crippen MR) is 112 cm³/mol. The lowest BCUT2D eigenvalue weighted by molar-refractivity contribution is -0.117. The molecule has 0 saturated carbocycles. The van der Waals surface area contributed by atoms with E-state index in [1.165, 1.54) is 5.56 Å². The molecule has 1 atom stereocenters. The number of likely N-dealkylation sites (tertiary alicyclic amines) is 1. The number of carbonyl (C=O) groups is 1. The lowest BCUT2D eigenvalue weighted by Gasteiger charge is -2.26. The Kier molecular flexibility index (Phi) is 6.57. The Morgan fingerprint density at radius 3 is 2.75 bits per heavy atom. The van der Waals surface area contributed by atoms with Crippen LogP contribution in [0.5, 0.6) is 11.5 Å². The van der Waals surface area contributed by atoms with Crippen molar-refractivity contribution in [2.45, 2.75) is 39.2 Å². The molecule has 0 unspecified atom stereocenters. The number of methoxy groups -OCH3 is 2. The number of carbonyl (C=O) groups excluding carboxylic acids is 1. The molecule has 5 nitrogen and oxygen atoms in total. The number of nitrogens with zero attached hydrogens (tertiary/aromatic N) is 1. The molecule has 3 rings (SSSR count).